The van der Waals surface area contributed by atoms with Crippen LogP contribution >= 0.6 is 0 Å². The average molecular weight is 726 g/mol. The predicted molar refractivity (Wildman–Crippen MR) is 243 cm³/mol. The molecule has 1 nitrogen and oxygen atoms in total. The number of fused-ring (bicyclic) bond motifs is 2. The molecule has 10 rings (SSSR count). The maximum Gasteiger partial charge on any atom is 0.0540 e. The first-order valence-corrected chi connectivity index (χ1v) is 19.6. The Morgan fingerprint density at radius 1 is 0.228 bits per heavy atom. The van der Waals surface area contributed by atoms with Crippen molar-refractivity contribution in [1.29, 1.82) is 0 Å². The van der Waals surface area contributed by atoms with Crippen molar-refractivity contribution >= 4 is 38.6 Å². The van der Waals surface area contributed by atoms with E-state index in [9.17, 15) is 0 Å². The van der Waals surface area contributed by atoms with Gasteiger partial charge in [-0.15, -0.1) is 0 Å². The fourth-order valence-electron chi connectivity index (χ4n) is 8.30. The zero-order valence-electron chi connectivity index (χ0n) is 31.5. The minimum atomic E-state index is 1.09. The van der Waals surface area contributed by atoms with Crippen LogP contribution in [-0.2, 0) is 0 Å². The molecule has 0 aromatic heterocycles. The molecule has 0 atom stereocenters. The molecule has 0 bridgehead atoms. The molecule has 57 heavy (non-hydrogen) atoms. The van der Waals surface area contributed by atoms with Gasteiger partial charge >= 0.3 is 0 Å². The van der Waals surface area contributed by atoms with Crippen LogP contribution < -0.4 is 4.90 Å². The second-order valence-electron chi connectivity index (χ2n) is 14.5. The standard InChI is InChI=1S/C56H39N/c1-3-17-40(18-4-1)47-35-36-52(51-29-12-11-27-49(51)42-20-5-2-6-21-42)54(39-47)53-30-13-14-31-56(53)57(55-32-16-24-43-22-9-10-28-50(43)55)48-26-15-25-45(38-48)46-34-33-41-19-7-8-23-44(41)37-46/h1-39H. The molecule has 0 amide bonds. The highest BCUT2D eigenvalue weighted by atomic mass is 15.1. The van der Waals surface area contributed by atoms with Gasteiger partial charge in [-0.1, -0.05) is 200 Å². The van der Waals surface area contributed by atoms with Gasteiger partial charge in [0.2, 0.25) is 0 Å². The summed E-state index contributed by atoms with van der Waals surface area (Å²) in [6.45, 7) is 0. The first-order valence-electron chi connectivity index (χ1n) is 19.6. The Hall–Kier alpha value is -7.48. The molecule has 0 spiro atoms. The van der Waals surface area contributed by atoms with E-state index < -0.39 is 0 Å². The van der Waals surface area contributed by atoms with Crippen molar-refractivity contribution in [2.24, 2.45) is 0 Å². The molecule has 0 aliphatic heterocycles. The summed E-state index contributed by atoms with van der Waals surface area (Å²) in [5.41, 5.74) is 15.2. The molecule has 0 heterocycles. The third kappa shape index (κ3) is 6.56. The van der Waals surface area contributed by atoms with E-state index in [-0.39, 0.29) is 0 Å². The van der Waals surface area contributed by atoms with E-state index in [1.54, 1.807) is 0 Å². The summed E-state index contributed by atoms with van der Waals surface area (Å²) >= 11 is 0. The molecule has 0 unspecified atom stereocenters. The average Bonchev–Trinajstić information content (AvgIpc) is 3.30. The third-order valence-corrected chi connectivity index (χ3v) is 11.1. The van der Waals surface area contributed by atoms with Crippen molar-refractivity contribution < 1.29 is 0 Å². The highest BCUT2D eigenvalue weighted by molar-refractivity contribution is 6.03. The van der Waals surface area contributed by atoms with Crippen LogP contribution in [-0.4, -0.2) is 0 Å². The zero-order valence-corrected chi connectivity index (χ0v) is 31.5. The number of para-hydroxylation sites is 1. The molecule has 0 aliphatic rings. The second-order valence-corrected chi connectivity index (χ2v) is 14.5. The lowest BCUT2D eigenvalue weighted by atomic mass is 9.86. The minimum absolute atomic E-state index is 1.09. The van der Waals surface area contributed by atoms with E-state index in [0.717, 1.165) is 22.6 Å². The topological polar surface area (TPSA) is 3.24 Å². The van der Waals surface area contributed by atoms with Gasteiger partial charge in [-0.2, -0.15) is 0 Å². The molecule has 0 radical (unpaired) electrons. The van der Waals surface area contributed by atoms with Crippen LogP contribution in [0.1, 0.15) is 0 Å². The van der Waals surface area contributed by atoms with E-state index in [1.807, 2.05) is 0 Å². The Morgan fingerprint density at radius 2 is 0.754 bits per heavy atom. The van der Waals surface area contributed by atoms with E-state index in [4.69, 9.17) is 0 Å². The molecular formula is C56H39N. The summed E-state index contributed by atoms with van der Waals surface area (Å²) in [4.78, 5) is 2.46. The van der Waals surface area contributed by atoms with Crippen LogP contribution in [0.5, 0.6) is 0 Å². The molecule has 0 fully saturated rings. The van der Waals surface area contributed by atoms with Gasteiger partial charge in [0.1, 0.15) is 0 Å². The first kappa shape index (κ1) is 34.0. The lowest BCUT2D eigenvalue weighted by molar-refractivity contribution is 1.30. The maximum absolute atomic E-state index is 2.46. The summed E-state index contributed by atoms with van der Waals surface area (Å²) < 4.78 is 0. The zero-order chi connectivity index (χ0) is 38.0. The van der Waals surface area contributed by atoms with Gasteiger partial charge in [0.25, 0.3) is 0 Å². The first-order chi connectivity index (χ1) is 28.3. The van der Waals surface area contributed by atoms with Crippen LogP contribution in [0.2, 0.25) is 0 Å². The summed E-state index contributed by atoms with van der Waals surface area (Å²) in [7, 11) is 0. The second kappa shape index (κ2) is 15.0. The monoisotopic (exact) mass is 725 g/mol. The molecule has 0 N–H and O–H groups in total. The lowest BCUT2D eigenvalue weighted by Gasteiger charge is -2.30. The highest BCUT2D eigenvalue weighted by Gasteiger charge is 2.22. The van der Waals surface area contributed by atoms with Crippen molar-refractivity contribution in [1.82, 2.24) is 0 Å². The molecule has 268 valence electrons. The fourth-order valence-corrected chi connectivity index (χ4v) is 8.30. The quantitative estimate of drug-likeness (QED) is 0.151. The Morgan fingerprint density at radius 3 is 1.58 bits per heavy atom. The van der Waals surface area contributed by atoms with Gasteiger partial charge in [-0.3, -0.25) is 0 Å². The number of hydrogen-bond donors (Lipinski definition) is 0. The van der Waals surface area contributed by atoms with E-state index >= 15 is 0 Å². The fraction of sp³-hybridized carbons (Fsp3) is 0. The number of rotatable bonds is 8. The smallest absolute Gasteiger partial charge is 0.0540 e. The van der Waals surface area contributed by atoms with Gasteiger partial charge in [0, 0.05) is 16.6 Å². The summed E-state index contributed by atoms with van der Waals surface area (Å²) in [6, 6.07) is 85.8. The molecule has 0 saturated heterocycles. The van der Waals surface area contributed by atoms with Crippen LogP contribution in [0, 0.1) is 0 Å². The minimum Gasteiger partial charge on any atom is -0.309 e. The van der Waals surface area contributed by atoms with Crippen molar-refractivity contribution in [2.45, 2.75) is 0 Å². The molecule has 10 aromatic carbocycles. The van der Waals surface area contributed by atoms with Crippen LogP contribution in [0.3, 0.4) is 0 Å². The normalized spacial score (nSPS) is 11.2. The molecule has 10 aromatic rings. The van der Waals surface area contributed by atoms with Gasteiger partial charge in [0.05, 0.1) is 11.4 Å². The van der Waals surface area contributed by atoms with Gasteiger partial charge in [-0.05, 0) is 103 Å². The van der Waals surface area contributed by atoms with Crippen molar-refractivity contribution in [3.8, 4) is 55.6 Å². The molecular weight excluding hydrogens is 687 g/mol. The number of hydrogen-bond acceptors (Lipinski definition) is 1. The Labute approximate surface area is 334 Å². The number of nitrogens with zero attached hydrogens (tertiary/aromatic N) is 1. The third-order valence-electron chi connectivity index (χ3n) is 11.1. The molecule has 0 aliphatic carbocycles. The van der Waals surface area contributed by atoms with Crippen LogP contribution in [0.25, 0.3) is 77.2 Å². The van der Waals surface area contributed by atoms with Crippen LogP contribution in [0.4, 0.5) is 17.1 Å². The summed E-state index contributed by atoms with van der Waals surface area (Å²) in [5, 5.41) is 4.87. The molecule has 1 heteroatoms. The van der Waals surface area contributed by atoms with E-state index in [1.165, 1.54) is 71.6 Å². The van der Waals surface area contributed by atoms with Gasteiger partial charge in [-0.25, -0.2) is 0 Å². The maximum atomic E-state index is 2.46. The van der Waals surface area contributed by atoms with E-state index in [0.29, 0.717) is 0 Å². The molecule has 0 saturated carbocycles. The van der Waals surface area contributed by atoms with E-state index in [2.05, 4.69) is 241 Å². The van der Waals surface area contributed by atoms with Gasteiger partial charge < -0.3 is 4.90 Å². The largest absolute Gasteiger partial charge is 0.309 e. The highest BCUT2D eigenvalue weighted by Crippen LogP contribution is 2.48. The Balaban J connectivity index is 1.23. The summed E-state index contributed by atoms with van der Waals surface area (Å²) in [6.07, 6.45) is 0. The predicted octanol–water partition coefficient (Wildman–Crippen LogP) is 15.8. The Kier molecular flexibility index (Phi) is 8.95. The van der Waals surface area contributed by atoms with Crippen molar-refractivity contribution in [3.63, 3.8) is 0 Å². The van der Waals surface area contributed by atoms with Gasteiger partial charge in [0.15, 0.2) is 0 Å². The SMILES string of the molecule is c1ccc(-c2ccc(-c3ccccc3-c3ccccc3)c(-c3ccccc3N(c3cccc(-c4ccc5ccccc5c4)c3)c3cccc4ccccc34)c2)cc1. The van der Waals surface area contributed by atoms with Crippen molar-refractivity contribution in [3.05, 3.63) is 237 Å². The number of benzene rings is 10. The lowest BCUT2D eigenvalue weighted by Crippen LogP contribution is -2.12. The number of anilines is 3. The summed E-state index contributed by atoms with van der Waals surface area (Å²) in [5.74, 6) is 0. The van der Waals surface area contributed by atoms with Crippen molar-refractivity contribution in [2.75, 3.05) is 4.90 Å². The van der Waals surface area contributed by atoms with Crippen LogP contribution in [0.15, 0.2) is 237 Å². The Bertz CT molecular complexity index is 3010.